The van der Waals surface area contributed by atoms with Gasteiger partial charge in [0.05, 0.1) is 17.1 Å². The number of thiazole rings is 1. The molecule has 13 heteroatoms. The van der Waals surface area contributed by atoms with Gasteiger partial charge in [-0.3, -0.25) is 14.6 Å². The second kappa shape index (κ2) is 18.2. The first-order valence-electron chi connectivity index (χ1n) is 16.6. The molecule has 4 heterocycles. The van der Waals surface area contributed by atoms with Crippen molar-refractivity contribution in [3.05, 3.63) is 125 Å². The van der Waals surface area contributed by atoms with Crippen molar-refractivity contribution in [2.45, 2.75) is 27.7 Å². The summed E-state index contributed by atoms with van der Waals surface area (Å²) >= 11 is 1.34. The van der Waals surface area contributed by atoms with Gasteiger partial charge < -0.3 is 25.3 Å². The number of anilines is 2. The van der Waals surface area contributed by atoms with E-state index >= 15 is 0 Å². The van der Waals surface area contributed by atoms with E-state index in [9.17, 15) is 9.59 Å². The van der Waals surface area contributed by atoms with Gasteiger partial charge in [-0.1, -0.05) is 42.5 Å². The Balaban J connectivity index is 0.000000199. The third-order valence-electron chi connectivity index (χ3n) is 7.67. The van der Waals surface area contributed by atoms with Crippen LogP contribution in [0.5, 0.6) is 0 Å². The summed E-state index contributed by atoms with van der Waals surface area (Å²) in [6, 6.07) is 25.2. The lowest BCUT2D eigenvalue weighted by Crippen LogP contribution is -2.35. The first kappa shape index (κ1) is 36.3. The molecule has 0 aliphatic heterocycles. The Hall–Kier alpha value is -5.95. The van der Waals surface area contributed by atoms with E-state index in [2.05, 4.69) is 71.8 Å². The van der Waals surface area contributed by atoms with Crippen molar-refractivity contribution in [1.29, 1.82) is 0 Å². The average molecular weight is 704 g/mol. The lowest BCUT2D eigenvalue weighted by molar-refractivity contribution is 0.0925. The van der Waals surface area contributed by atoms with E-state index in [0.717, 1.165) is 29.4 Å². The molecule has 2 aromatic carbocycles. The highest BCUT2D eigenvalue weighted by molar-refractivity contribution is 7.17. The van der Waals surface area contributed by atoms with Crippen molar-refractivity contribution in [3.63, 3.8) is 0 Å². The number of aryl methyl sites for hydroxylation is 3. The molecule has 4 aromatic heterocycles. The number of likely N-dealkylation sites (N-methyl/N-ethyl adjacent to an activating group) is 1. The lowest BCUT2D eigenvalue weighted by atomic mass is 10.2. The number of oxazole rings is 1. The van der Waals surface area contributed by atoms with Crippen LogP contribution in [0.15, 0.2) is 102 Å². The summed E-state index contributed by atoms with van der Waals surface area (Å²) in [7, 11) is 0. The Kier molecular flexibility index (Phi) is 12.9. The predicted molar refractivity (Wildman–Crippen MR) is 201 cm³/mol. The molecular weight excluding hydrogens is 663 g/mol. The molecule has 6 aromatic rings. The highest BCUT2D eigenvalue weighted by Gasteiger charge is 2.19. The molecular formula is C38H41N9O3S. The van der Waals surface area contributed by atoms with Gasteiger partial charge in [0.1, 0.15) is 9.88 Å². The minimum absolute atomic E-state index is 0.136. The van der Waals surface area contributed by atoms with E-state index in [4.69, 9.17) is 4.42 Å². The van der Waals surface area contributed by atoms with Gasteiger partial charge in [0, 0.05) is 62.6 Å². The molecule has 0 radical (unpaired) electrons. The third kappa shape index (κ3) is 10.0. The molecule has 0 spiro atoms. The normalized spacial score (nSPS) is 10.5. The number of benzene rings is 2. The number of rotatable bonds is 13. The van der Waals surface area contributed by atoms with E-state index in [-0.39, 0.29) is 17.6 Å². The van der Waals surface area contributed by atoms with Crippen LogP contribution in [0.4, 0.5) is 11.6 Å². The molecule has 0 saturated heterocycles. The van der Waals surface area contributed by atoms with E-state index in [1.807, 2.05) is 67.6 Å². The molecule has 0 atom stereocenters. The number of hydrogen-bond acceptors (Lipinski definition) is 11. The van der Waals surface area contributed by atoms with Crippen molar-refractivity contribution in [3.8, 4) is 22.2 Å². The Morgan fingerprint density at radius 1 is 0.745 bits per heavy atom. The molecule has 0 saturated carbocycles. The minimum atomic E-state index is -0.233. The summed E-state index contributed by atoms with van der Waals surface area (Å²) in [6.45, 7) is 11.0. The number of nitrogens with one attached hydrogen (secondary N) is 3. The van der Waals surface area contributed by atoms with Gasteiger partial charge in [-0.05, 0) is 69.7 Å². The number of para-hydroxylation sites is 1. The standard InChI is InChI=1S/C22H25N3O2.C16H16N6OS/c1-4-25(19-13-9-8-10-16(19)2)15-14-23-21(26)20-17(3)24-22(27-20)18-11-6-5-7-12-18;1-11-13(24-15(22-11)12-5-2-3-6-17-12)14(23)18-9-10-21-16-19-7-4-8-20-16/h5-13H,4,14-15H2,1-3H3,(H,23,26);2-8H,9-10H2,1H3,(H,18,23)(H,19,20,21). The quantitative estimate of drug-likeness (QED) is 0.116. The SMILES string of the molecule is CCN(CCNC(=O)c1oc(-c2ccccc2)nc1C)c1ccccc1C.Cc1nc(-c2ccccn2)sc1C(=O)NCCNc1ncccn1. The Morgan fingerprint density at radius 2 is 1.45 bits per heavy atom. The zero-order valence-corrected chi connectivity index (χ0v) is 29.9. The zero-order valence-electron chi connectivity index (χ0n) is 29.1. The lowest BCUT2D eigenvalue weighted by Gasteiger charge is -2.25. The van der Waals surface area contributed by atoms with Gasteiger partial charge in [0.15, 0.2) is 0 Å². The van der Waals surface area contributed by atoms with Crippen molar-refractivity contribution in [1.82, 2.24) is 35.6 Å². The molecule has 0 bridgehead atoms. The van der Waals surface area contributed by atoms with E-state index in [1.54, 1.807) is 31.6 Å². The number of pyridine rings is 1. The fourth-order valence-corrected chi connectivity index (χ4v) is 6.05. The van der Waals surface area contributed by atoms with Crippen LogP contribution in [-0.4, -0.2) is 69.5 Å². The molecule has 0 unspecified atom stereocenters. The van der Waals surface area contributed by atoms with Crippen LogP contribution in [0.25, 0.3) is 22.2 Å². The van der Waals surface area contributed by atoms with Crippen molar-refractivity contribution in [2.75, 3.05) is 42.9 Å². The Morgan fingerprint density at radius 3 is 2.18 bits per heavy atom. The summed E-state index contributed by atoms with van der Waals surface area (Å²) in [4.78, 5) is 48.9. The van der Waals surface area contributed by atoms with Gasteiger partial charge in [-0.2, -0.15) is 0 Å². The van der Waals surface area contributed by atoms with Crippen molar-refractivity contribution in [2.24, 2.45) is 0 Å². The second-order valence-electron chi connectivity index (χ2n) is 11.3. The average Bonchev–Trinajstić information content (AvgIpc) is 3.76. The van der Waals surface area contributed by atoms with Crippen LogP contribution in [0.3, 0.4) is 0 Å². The van der Waals surface area contributed by atoms with E-state index < -0.39 is 0 Å². The molecule has 6 rings (SSSR count). The zero-order chi connectivity index (χ0) is 36.0. The fraction of sp³-hybridized carbons (Fsp3) is 0.237. The highest BCUT2D eigenvalue weighted by atomic mass is 32.1. The predicted octanol–water partition coefficient (Wildman–Crippen LogP) is 6.36. The third-order valence-corrected chi connectivity index (χ3v) is 8.85. The summed E-state index contributed by atoms with van der Waals surface area (Å²) < 4.78 is 5.71. The molecule has 262 valence electrons. The van der Waals surface area contributed by atoms with Gasteiger partial charge in [-0.25, -0.2) is 19.9 Å². The molecule has 3 N–H and O–H groups in total. The maximum Gasteiger partial charge on any atom is 0.289 e. The monoisotopic (exact) mass is 703 g/mol. The van der Waals surface area contributed by atoms with Gasteiger partial charge >= 0.3 is 0 Å². The summed E-state index contributed by atoms with van der Waals surface area (Å²) in [6.07, 6.45) is 5.03. The van der Waals surface area contributed by atoms with E-state index in [0.29, 0.717) is 47.7 Å². The van der Waals surface area contributed by atoms with Crippen LogP contribution in [0, 0.1) is 20.8 Å². The van der Waals surface area contributed by atoms with Crippen LogP contribution in [0.2, 0.25) is 0 Å². The molecule has 51 heavy (non-hydrogen) atoms. The largest absolute Gasteiger partial charge is 0.431 e. The van der Waals surface area contributed by atoms with Crippen LogP contribution >= 0.6 is 11.3 Å². The molecule has 2 amide bonds. The smallest absolute Gasteiger partial charge is 0.289 e. The van der Waals surface area contributed by atoms with Gasteiger partial charge in [0.25, 0.3) is 11.8 Å². The number of carbonyl (C=O) groups excluding carboxylic acids is 2. The molecule has 12 nitrogen and oxygen atoms in total. The van der Waals surface area contributed by atoms with Gasteiger partial charge in [0.2, 0.25) is 17.6 Å². The molecule has 0 aliphatic carbocycles. The highest BCUT2D eigenvalue weighted by Crippen LogP contribution is 2.26. The maximum absolute atomic E-state index is 12.5. The number of hydrogen-bond donors (Lipinski definition) is 3. The molecule has 0 fully saturated rings. The first-order chi connectivity index (χ1) is 24.8. The van der Waals surface area contributed by atoms with Crippen LogP contribution in [-0.2, 0) is 0 Å². The number of nitrogens with zero attached hydrogens (tertiary/aromatic N) is 6. The van der Waals surface area contributed by atoms with Crippen LogP contribution in [0.1, 0.15) is 44.1 Å². The summed E-state index contributed by atoms with van der Waals surface area (Å²) in [5.74, 6) is 0.908. The van der Waals surface area contributed by atoms with E-state index in [1.165, 1.54) is 22.6 Å². The summed E-state index contributed by atoms with van der Waals surface area (Å²) in [5, 5.41) is 9.59. The second-order valence-corrected chi connectivity index (χ2v) is 12.3. The first-order valence-corrected chi connectivity index (χ1v) is 17.4. The van der Waals surface area contributed by atoms with Crippen molar-refractivity contribution < 1.29 is 14.0 Å². The van der Waals surface area contributed by atoms with Crippen LogP contribution < -0.4 is 20.9 Å². The number of carbonyl (C=O) groups is 2. The Bertz CT molecular complexity index is 2000. The topological polar surface area (TPSA) is 151 Å². The maximum atomic E-state index is 12.5. The molecule has 0 aliphatic rings. The number of amides is 2. The fourth-order valence-electron chi connectivity index (χ4n) is 5.09. The minimum Gasteiger partial charge on any atom is -0.431 e. The number of aromatic nitrogens is 5. The summed E-state index contributed by atoms with van der Waals surface area (Å²) in [5.41, 5.74) is 5.35. The Labute approximate surface area is 301 Å². The van der Waals surface area contributed by atoms with Gasteiger partial charge in [-0.15, -0.1) is 11.3 Å². The van der Waals surface area contributed by atoms with Crippen molar-refractivity contribution >= 4 is 34.8 Å².